The van der Waals surface area contributed by atoms with Gasteiger partial charge in [0.1, 0.15) is 5.54 Å². The number of likely N-dealkylation sites (tertiary alicyclic amines) is 1. The smallest absolute Gasteiger partial charge is 0.245 e. The quantitative estimate of drug-likeness (QED) is 0.918. The van der Waals surface area contributed by atoms with Gasteiger partial charge in [-0.25, -0.2) is 0 Å². The highest BCUT2D eigenvalue weighted by Crippen LogP contribution is 2.33. The summed E-state index contributed by atoms with van der Waals surface area (Å²) in [6.45, 7) is 2.34. The lowest BCUT2D eigenvalue weighted by molar-refractivity contribution is -0.141. The number of nitrogens with one attached hydrogen (secondary N) is 1. The van der Waals surface area contributed by atoms with Crippen LogP contribution in [0.25, 0.3) is 0 Å². The fourth-order valence-electron chi connectivity index (χ4n) is 3.58. The summed E-state index contributed by atoms with van der Waals surface area (Å²) in [5, 5.41) is 3.82. The van der Waals surface area contributed by atoms with Crippen LogP contribution in [0.5, 0.6) is 0 Å². The monoisotopic (exact) mass is 334 g/mol. The summed E-state index contributed by atoms with van der Waals surface area (Å²) in [5.74, 6) is 0.0354. The molecule has 1 aliphatic carbocycles. The van der Waals surface area contributed by atoms with E-state index in [1.165, 1.54) is 12.8 Å². The fraction of sp³-hybridized carbons (Fsp3) is 0.556. The second-order valence-electron chi connectivity index (χ2n) is 6.84. The van der Waals surface area contributed by atoms with Crippen LogP contribution < -0.4 is 5.32 Å². The van der Waals surface area contributed by atoms with Crippen molar-refractivity contribution in [1.29, 1.82) is 0 Å². The molecule has 0 radical (unpaired) electrons. The molecule has 5 heteroatoms. The molecule has 1 atom stereocenters. The molecule has 124 valence electrons. The van der Waals surface area contributed by atoms with Crippen molar-refractivity contribution in [3.8, 4) is 0 Å². The molecule has 1 N–H and O–H groups in total. The summed E-state index contributed by atoms with van der Waals surface area (Å²) in [6.07, 6.45) is 5.46. The molecule has 0 unspecified atom stereocenters. The van der Waals surface area contributed by atoms with Gasteiger partial charge < -0.3 is 10.2 Å². The first-order valence-electron chi connectivity index (χ1n) is 8.35. The van der Waals surface area contributed by atoms with Crippen LogP contribution in [0.3, 0.4) is 0 Å². The molecule has 2 fully saturated rings. The summed E-state index contributed by atoms with van der Waals surface area (Å²) >= 11 is 5.91. The molecular weight excluding hydrogens is 312 g/mol. The zero-order valence-electron chi connectivity index (χ0n) is 13.5. The van der Waals surface area contributed by atoms with Crippen LogP contribution in [0.4, 0.5) is 0 Å². The maximum absolute atomic E-state index is 12.8. The number of carbonyl (C=O) groups excluding carboxylic acids is 2. The Bertz CT molecular complexity index is 596. The minimum absolute atomic E-state index is 0.00999. The van der Waals surface area contributed by atoms with Crippen LogP contribution in [-0.2, 0) is 16.1 Å². The number of hydrogen-bond donors (Lipinski definition) is 1. The van der Waals surface area contributed by atoms with E-state index in [2.05, 4.69) is 5.32 Å². The number of benzene rings is 1. The summed E-state index contributed by atoms with van der Waals surface area (Å²) in [7, 11) is 0. The van der Waals surface area contributed by atoms with Crippen LogP contribution >= 0.6 is 11.6 Å². The normalized spacial score (nSPS) is 25.1. The van der Waals surface area contributed by atoms with Crippen LogP contribution in [-0.4, -0.2) is 28.3 Å². The van der Waals surface area contributed by atoms with Crippen molar-refractivity contribution in [3.05, 3.63) is 34.9 Å². The van der Waals surface area contributed by atoms with Gasteiger partial charge in [0.15, 0.2) is 0 Å². The first-order valence-corrected chi connectivity index (χ1v) is 8.73. The van der Waals surface area contributed by atoms with Gasteiger partial charge >= 0.3 is 0 Å². The van der Waals surface area contributed by atoms with E-state index in [-0.39, 0.29) is 17.9 Å². The summed E-state index contributed by atoms with van der Waals surface area (Å²) in [5.41, 5.74) is 0.240. The highest BCUT2D eigenvalue weighted by atomic mass is 35.5. The topological polar surface area (TPSA) is 49.4 Å². The van der Waals surface area contributed by atoms with Gasteiger partial charge in [-0.05, 0) is 43.9 Å². The second kappa shape index (κ2) is 6.52. The van der Waals surface area contributed by atoms with Gasteiger partial charge in [-0.2, -0.15) is 0 Å². The number of amides is 2. The first-order chi connectivity index (χ1) is 11.0. The molecule has 3 rings (SSSR count). The van der Waals surface area contributed by atoms with Crippen molar-refractivity contribution in [2.45, 2.75) is 63.6 Å². The lowest BCUT2D eigenvalue weighted by Gasteiger charge is -2.35. The van der Waals surface area contributed by atoms with Gasteiger partial charge in [0.25, 0.3) is 0 Å². The minimum atomic E-state index is -0.751. The molecule has 2 amide bonds. The van der Waals surface area contributed by atoms with E-state index in [1.807, 2.05) is 31.2 Å². The number of rotatable bonds is 4. The summed E-state index contributed by atoms with van der Waals surface area (Å²) in [4.78, 5) is 26.8. The lowest BCUT2D eigenvalue weighted by atomic mass is 9.96. The Kier molecular flexibility index (Phi) is 4.62. The fourth-order valence-corrected chi connectivity index (χ4v) is 3.70. The lowest BCUT2D eigenvalue weighted by Crippen LogP contribution is -2.55. The Morgan fingerprint density at radius 3 is 2.61 bits per heavy atom. The summed E-state index contributed by atoms with van der Waals surface area (Å²) in [6, 6.07) is 7.71. The maximum Gasteiger partial charge on any atom is 0.245 e. The Labute approximate surface area is 142 Å². The highest BCUT2D eigenvalue weighted by Gasteiger charge is 2.47. The van der Waals surface area contributed by atoms with E-state index in [1.54, 1.807) is 4.90 Å². The molecule has 1 aliphatic heterocycles. The molecule has 0 bridgehead atoms. The van der Waals surface area contributed by atoms with E-state index >= 15 is 0 Å². The number of nitrogens with zero attached hydrogens (tertiary/aromatic N) is 1. The van der Waals surface area contributed by atoms with E-state index in [9.17, 15) is 9.59 Å². The van der Waals surface area contributed by atoms with Crippen molar-refractivity contribution in [1.82, 2.24) is 10.2 Å². The number of carbonyl (C=O) groups is 2. The van der Waals surface area contributed by atoms with E-state index in [0.29, 0.717) is 24.4 Å². The van der Waals surface area contributed by atoms with Crippen LogP contribution in [0.2, 0.25) is 5.02 Å². The minimum Gasteiger partial charge on any atom is -0.351 e. The standard InChI is InChI=1S/C18H23ClN2O2/c1-18(17(23)20-15-4-2-3-5-15)11-10-16(22)21(18)12-13-6-8-14(19)9-7-13/h6-9,15H,2-5,10-12H2,1H3,(H,20,23)/t18-/m0/s1. The maximum atomic E-state index is 12.8. The molecule has 1 heterocycles. The Balaban J connectivity index is 1.74. The molecule has 0 spiro atoms. The molecule has 1 saturated carbocycles. The van der Waals surface area contributed by atoms with Crippen molar-refractivity contribution >= 4 is 23.4 Å². The van der Waals surface area contributed by atoms with Gasteiger partial charge in [0.05, 0.1) is 0 Å². The number of halogens is 1. The Morgan fingerprint density at radius 2 is 1.96 bits per heavy atom. The average molecular weight is 335 g/mol. The third-order valence-corrected chi connectivity index (χ3v) is 5.41. The molecule has 2 aliphatic rings. The van der Waals surface area contributed by atoms with Crippen molar-refractivity contribution in [2.75, 3.05) is 0 Å². The Morgan fingerprint density at radius 1 is 1.30 bits per heavy atom. The van der Waals surface area contributed by atoms with Gasteiger partial charge in [-0.3, -0.25) is 9.59 Å². The van der Waals surface area contributed by atoms with E-state index in [0.717, 1.165) is 18.4 Å². The van der Waals surface area contributed by atoms with Gasteiger partial charge in [0, 0.05) is 24.0 Å². The van der Waals surface area contributed by atoms with Crippen LogP contribution in [0.15, 0.2) is 24.3 Å². The third kappa shape index (κ3) is 3.37. The SMILES string of the molecule is C[C@@]1(C(=O)NC2CCCC2)CCC(=O)N1Cc1ccc(Cl)cc1. The highest BCUT2D eigenvalue weighted by molar-refractivity contribution is 6.30. The predicted molar refractivity (Wildman–Crippen MR) is 90.0 cm³/mol. The molecule has 23 heavy (non-hydrogen) atoms. The second-order valence-corrected chi connectivity index (χ2v) is 7.27. The third-order valence-electron chi connectivity index (χ3n) is 5.16. The van der Waals surface area contributed by atoms with Crippen molar-refractivity contribution in [3.63, 3.8) is 0 Å². The van der Waals surface area contributed by atoms with Gasteiger partial charge in [-0.15, -0.1) is 0 Å². The van der Waals surface area contributed by atoms with Gasteiger partial charge in [0.2, 0.25) is 11.8 Å². The zero-order chi connectivity index (χ0) is 16.4. The number of hydrogen-bond acceptors (Lipinski definition) is 2. The largest absolute Gasteiger partial charge is 0.351 e. The first kappa shape index (κ1) is 16.3. The van der Waals surface area contributed by atoms with E-state index in [4.69, 9.17) is 11.6 Å². The van der Waals surface area contributed by atoms with Crippen molar-refractivity contribution in [2.24, 2.45) is 0 Å². The molecule has 0 aromatic heterocycles. The molecule has 1 aromatic rings. The van der Waals surface area contributed by atoms with Crippen LogP contribution in [0.1, 0.15) is 51.0 Å². The van der Waals surface area contributed by atoms with E-state index < -0.39 is 5.54 Å². The summed E-state index contributed by atoms with van der Waals surface area (Å²) < 4.78 is 0. The zero-order valence-corrected chi connectivity index (χ0v) is 14.2. The molecule has 4 nitrogen and oxygen atoms in total. The van der Waals surface area contributed by atoms with Crippen molar-refractivity contribution < 1.29 is 9.59 Å². The molecule has 1 aromatic carbocycles. The van der Waals surface area contributed by atoms with Crippen LogP contribution in [0, 0.1) is 0 Å². The molecular formula is C18H23ClN2O2. The molecule has 1 saturated heterocycles. The Hall–Kier alpha value is -1.55. The average Bonchev–Trinajstić information content (AvgIpc) is 3.13. The van der Waals surface area contributed by atoms with Gasteiger partial charge in [-0.1, -0.05) is 36.6 Å². The predicted octanol–water partition coefficient (Wildman–Crippen LogP) is 3.28.